The first kappa shape index (κ1) is 14.3. The van der Waals surface area contributed by atoms with E-state index < -0.39 is 11.9 Å². The van der Waals surface area contributed by atoms with Gasteiger partial charge in [-0.3, -0.25) is 0 Å². The lowest BCUT2D eigenvalue weighted by Crippen LogP contribution is -2.02. The quantitative estimate of drug-likeness (QED) is 0.874. The molecule has 0 aliphatic heterocycles. The second-order valence-corrected chi connectivity index (χ2v) is 4.25. The Morgan fingerprint density at radius 3 is 2.24 bits per heavy atom. The minimum Gasteiger partial charge on any atom is -0.478 e. The van der Waals surface area contributed by atoms with Crippen LogP contribution >= 0.6 is 0 Å². The van der Waals surface area contributed by atoms with Crippen molar-refractivity contribution >= 4 is 11.9 Å². The second kappa shape index (κ2) is 5.88. The highest BCUT2D eigenvalue weighted by Gasteiger charge is 2.11. The number of hydrogen-bond donors (Lipinski definition) is 1. The number of rotatable bonds is 3. The number of carbonyl (C=O) groups excluding carboxylic acids is 1. The van der Waals surface area contributed by atoms with Crippen LogP contribution in [0.15, 0.2) is 42.5 Å². The summed E-state index contributed by atoms with van der Waals surface area (Å²) in [6.45, 7) is 0. The fraction of sp³-hybridized carbons (Fsp3) is 0.0625. The number of nitrogens with zero attached hydrogens (tertiary/aromatic N) is 1. The number of ether oxygens (including phenoxy) is 1. The summed E-state index contributed by atoms with van der Waals surface area (Å²) in [7, 11) is 1.27. The predicted octanol–water partition coefficient (Wildman–Crippen LogP) is 2.71. The highest BCUT2D eigenvalue weighted by atomic mass is 16.5. The highest BCUT2D eigenvalue weighted by Crippen LogP contribution is 2.25. The zero-order valence-electron chi connectivity index (χ0n) is 11.2. The third kappa shape index (κ3) is 2.90. The van der Waals surface area contributed by atoms with Gasteiger partial charge in [-0.15, -0.1) is 0 Å². The van der Waals surface area contributed by atoms with E-state index in [4.69, 9.17) is 5.11 Å². The molecule has 0 radical (unpaired) electrons. The van der Waals surface area contributed by atoms with Gasteiger partial charge in [0.15, 0.2) is 0 Å². The molecule has 0 amide bonds. The maximum atomic E-state index is 11.5. The van der Waals surface area contributed by atoms with E-state index in [9.17, 15) is 14.9 Å². The van der Waals surface area contributed by atoms with Crippen molar-refractivity contribution in [1.29, 1.82) is 5.26 Å². The van der Waals surface area contributed by atoms with Crippen LogP contribution in [0, 0.1) is 11.3 Å². The first-order chi connectivity index (χ1) is 10.1. The first-order valence-corrected chi connectivity index (χ1v) is 6.03. The molecule has 2 aromatic rings. The van der Waals surface area contributed by atoms with Gasteiger partial charge in [-0.1, -0.05) is 18.2 Å². The smallest absolute Gasteiger partial charge is 0.337 e. The van der Waals surface area contributed by atoms with E-state index in [2.05, 4.69) is 4.74 Å². The van der Waals surface area contributed by atoms with Gasteiger partial charge in [0.05, 0.1) is 29.9 Å². The largest absolute Gasteiger partial charge is 0.478 e. The van der Waals surface area contributed by atoms with E-state index in [1.807, 2.05) is 6.07 Å². The van der Waals surface area contributed by atoms with Crippen molar-refractivity contribution in [3.63, 3.8) is 0 Å². The number of hydrogen-bond acceptors (Lipinski definition) is 4. The molecule has 0 bridgehead atoms. The Morgan fingerprint density at radius 2 is 1.71 bits per heavy atom. The van der Waals surface area contributed by atoms with Crippen LogP contribution in [0.1, 0.15) is 26.3 Å². The molecule has 1 N–H and O–H groups in total. The highest BCUT2D eigenvalue weighted by molar-refractivity contribution is 5.91. The molecular weight excluding hydrogens is 270 g/mol. The third-order valence-electron chi connectivity index (χ3n) is 3.00. The molecular formula is C16H11NO4. The van der Waals surface area contributed by atoms with Crippen molar-refractivity contribution in [2.75, 3.05) is 7.11 Å². The molecule has 5 nitrogen and oxygen atoms in total. The van der Waals surface area contributed by atoms with Crippen LogP contribution in [-0.4, -0.2) is 24.2 Å². The Morgan fingerprint density at radius 1 is 1.10 bits per heavy atom. The molecule has 5 heteroatoms. The van der Waals surface area contributed by atoms with Gasteiger partial charge in [-0.05, 0) is 35.4 Å². The summed E-state index contributed by atoms with van der Waals surface area (Å²) in [5, 5.41) is 18.1. The molecule has 0 unspecified atom stereocenters. The minimum atomic E-state index is -1.01. The normalized spacial score (nSPS) is 9.71. The van der Waals surface area contributed by atoms with E-state index in [1.165, 1.54) is 25.3 Å². The van der Waals surface area contributed by atoms with Gasteiger partial charge >= 0.3 is 11.9 Å². The van der Waals surface area contributed by atoms with Crippen molar-refractivity contribution in [3.05, 3.63) is 59.2 Å². The van der Waals surface area contributed by atoms with Crippen LogP contribution in [0.3, 0.4) is 0 Å². The maximum absolute atomic E-state index is 11.5. The van der Waals surface area contributed by atoms with Crippen molar-refractivity contribution in [2.45, 2.75) is 0 Å². The fourth-order valence-corrected chi connectivity index (χ4v) is 1.93. The molecule has 104 valence electrons. The van der Waals surface area contributed by atoms with Crippen LogP contribution in [0.5, 0.6) is 0 Å². The lowest BCUT2D eigenvalue weighted by atomic mass is 9.97. The Kier molecular flexibility index (Phi) is 4.00. The number of nitriles is 1. The standard InChI is InChI=1S/C16H11NO4/c1-21-16(20)12-6-7-14(13(8-12)9-17)10-2-4-11(5-3-10)15(18)19/h2-8H,1H3,(H,18,19). The third-order valence-corrected chi connectivity index (χ3v) is 3.00. The molecule has 2 aromatic carbocycles. The molecule has 0 aliphatic rings. The molecule has 21 heavy (non-hydrogen) atoms. The van der Waals surface area contributed by atoms with Gasteiger partial charge in [0.2, 0.25) is 0 Å². The zero-order chi connectivity index (χ0) is 15.4. The minimum absolute atomic E-state index is 0.170. The number of benzene rings is 2. The molecule has 0 saturated carbocycles. The van der Waals surface area contributed by atoms with Gasteiger partial charge in [0, 0.05) is 0 Å². The van der Waals surface area contributed by atoms with Gasteiger partial charge in [-0.25, -0.2) is 9.59 Å². The Bertz CT molecular complexity index is 742. The zero-order valence-corrected chi connectivity index (χ0v) is 11.2. The SMILES string of the molecule is COC(=O)c1ccc(-c2ccc(C(=O)O)cc2)c(C#N)c1. The molecule has 0 fully saturated rings. The van der Waals surface area contributed by atoms with E-state index >= 15 is 0 Å². The van der Waals surface area contributed by atoms with Crippen LogP contribution in [0.2, 0.25) is 0 Å². The molecule has 0 atom stereocenters. The molecule has 0 aliphatic carbocycles. The molecule has 0 heterocycles. The average Bonchev–Trinajstić information content (AvgIpc) is 2.53. The number of carboxylic acid groups (broad SMARTS) is 1. The number of methoxy groups -OCH3 is 1. The molecule has 0 spiro atoms. The lowest BCUT2D eigenvalue weighted by molar-refractivity contribution is 0.0599. The Balaban J connectivity index is 2.46. The van der Waals surface area contributed by atoms with Crippen LogP contribution in [-0.2, 0) is 4.74 Å². The Hall–Kier alpha value is -3.13. The molecule has 0 aromatic heterocycles. The van der Waals surface area contributed by atoms with Crippen LogP contribution < -0.4 is 0 Å². The summed E-state index contributed by atoms with van der Waals surface area (Å²) in [5.41, 5.74) is 2.11. The topological polar surface area (TPSA) is 87.4 Å². The summed E-state index contributed by atoms with van der Waals surface area (Å²) in [4.78, 5) is 22.3. The van der Waals surface area contributed by atoms with Gasteiger partial charge in [0.1, 0.15) is 0 Å². The van der Waals surface area contributed by atoms with Gasteiger partial charge < -0.3 is 9.84 Å². The summed E-state index contributed by atoms with van der Waals surface area (Å²) in [5.74, 6) is -1.53. The lowest BCUT2D eigenvalue weighted by Gasteiger charge is -2.07. The molecule has 2 rings (SSSR count). The number of carboxylic acids is 1. The Labute approximate surface area is 121 Å². The number of carbonyl (C=O) groups is 2. The van der Waals surface area contributed by atoms with Crippen LogP contribution in [0.25, 0.3) is 11.1 Å². The summed E-state index contributed by atoms with van der Waals surface area (Å²) in [6, 6.07) is 12.9. The predicted molar refractivity (Wildman–Crippen MR) is 74.9 cm³/mol. The first-order valence-electron chi connectivity index (χ1n) is 6.03. The van der Waals surface area contributed by atoms with Gasteiger partial charge in [0.25, 0.3) is 0 Å². The van der Waals surface area contributed by atoms with Gasteiger partial charge in [-0.2, -0.15) is 5.26 Å². The van der Waals surface area contributed by atoms with Crippen molar-refractivity contribution in [2.24, 2.45) is 0 Å². The second-order valence-electron chi connectivity index (χ2n) is 4.25. The fourth-order valence-electron chi connectivity index (χ4n) is 1.93. The van der Waals surface area contributed by atoms with Crippen LogP contribution in [0.4, 0.5) is 0 Å². The number of esters is 1. The van der Waals surface area contributed by atoms with E-state index in [0.29, 0.717) is 22.3 Å². The summed E-state index contributed by atoms with van der Waals surface area (Å²) in [6.07, 6.45) is 0. The van der Waals surface area contributed by atoms with E-state index in [1.54, 1.807) is 24.3 Å². The average molecular weight is 281 g/mol. The van der Waals surface area contributed by atoms with E-state index in [0.717, 1.165) is 0 Å². The maximum Gasteiger partial charge on any atom is 0.337 e. The summed E-state index contributed by atoms with van der Waals surface area (Å²) >= 11 is 0. The monoisotopic (exact) mass is 281 g/mol. The molecule has 0 saturated heterocycles. The van der Waals surface area contributed by atoms with E-state index in [-0.39, 0.29) is 5.56 Å². The summed E-state index contributed by atoms with van der Waals surface area (Å²) < 4.78 is 4.61. The van der Waals surface area contributed by atoms with Crippen molar-refractivity contribution in [3.8, 4) is 17.2 Å². The van der Waals surface area contributed by atoms with Crippen molar-refractivity contribution < 1.29 is 19.4 Å². The number of aromatic carboxylic acids is 1. The van der Waals surface area contributed by atoms with Crippen molar-refractivity contribution in [1.82, 2.24) is 0 Å².